The topological polar surface area (TPSA) is 46.9 Å². The van der Waals surface area contributed by atoms with Crippen LogP contribution in [0.5, 0.6) is 11.5 Å². The van der Waals surface area contributed by atoms with E-state index in [9.17, 15) is 0 Å². The van der Waals surface area contributed by atoms with Crippen molar-refractivity contribution in [2.24, 2.45) is 0 Å². The molecule has 0 atom stereocenters. The molecular weight excluding hydrogens is 372 g/mol. The van der Waals surface area contributed by atoms with Gasteiger partial charge in [0.2, 0.25) is 6.79 Å². The van der Waals surface area contributed by atoms with E-state index in [1.165, 1.54) is 44.9 Å². The third-order valence-electron chi connectivity index (χ3n) is 5.46. The average Bonchev–Trinajstić information content (AvgIpc) is 3.34. The Kier molecular flexibility index (Phi) is 6.37. The smallest absolute Gasteiger partial charge is 0.231 e. The molecule has 150 valence electrons. The molecule has 1 aliphatic heterocycles. The van der Waals surface area contributed by atoms with E-state index in [4.69, 9.17) is 26.1 Å². The van der Waals surface area contributed by atoms with Gasteiger partial charge >= 0.3 is 0 Å². The van der Waals surface area contributed by atoms with Crippen LogP contribution in [0.15, 0.2) is 41.0 Å². The van der Waals surface area contributed by atoms with Gasteiger partial charge < -0.3 is 24.1 Å². The third kappa shape index (κ3) is 4.98. The van der Waals surface area contributed by atoms with E-state index >= 15 is 0 Å². The molecule has 0 amide bonds. The van der Waals surface area contributed by atoms with E-state index in [1.54, 1.807) is 6.26 Å². The maximum absolute atomic E-state index is 5.82. The monoisotopic (exact) mass is 400 g/mol. The van der Waals surface area contributed by atoms with Crippen LogP contribution in [0, 0.1) is 0 Å². The van der Waals surface area contributed by atoms with Gasteiger partial charge in [0, 0.05) is 12.6 Å². The van der Waals surface area contributed by atoms with Crippen molar-refractivity contribution < 1.29 is 13.9 Å². The van der Waals surface area contributed by atoms with Crippen molar-refractivity contribution >= 4 is 17.3 Å². The van der Waals surface area contributed by atoms with Crippen LogP contribution in [0.2, 0.25) is 0 Å². The second kappa shape index (κ2) is 9.32. The first-order valence-electron chi connectivity index (χ1n) is 10.2. The molecule has 0 bridgehead atoms. The minimum absolute atomic E-state index is 0.288. The zero-order valence-electron chi connectivity index (χ0n) is 16.2. The van der Waals surface area contributed by atoms with Crippen LogP contribution < -0.4 is 14.8 Å². The number of hydrogen-bond donors (Lipinski definition) is 1. The highest BCUT2D eigenvalue weighted by atomic mass is 32.1. The highest BCUT2D eigenvalue weighted by molar-refractivity contribution is 7.80. The number of furan rings is 1. The van der Waals surface area contributed by atoms with Crippen LogP contribution in [-0.4, -0.2) is 22.8 Å². The van der Waals surface area contributed by atoms with E-state index in [0.29, 0.717) is 19.1 Å². The molecule has 0 radical (unpaired) electrons. The number of nitrogens with one attached hydrogen (secondary N) is 1. The lowest BCUT2D eigenvalue weighted by Gasteiger charge is -2.29. The summed E-state index contributed by atoms with van der Waals surface area (Å²) in [6, 6.07) is 10.4. The molecule has 6 heteroatoms. The van der Waals surface area contributed by atoms with Crippen LogP contribution >= 0.6 is 12.2 Å². The van der Waals surface area contributed by atoms with Gasteiger partial charge in [-0.3, -0.25) is 0 Å². The average molecular weight is 401 g/mol. The Morgan fingerprint density at radius 1 is 1.00 bits per heavy atom. The molecule has 28 heavy (non-hydrogen) atoms. The second-order valence-corrected chi connectivity index (χ2v) is 8.00. The maximum Gasteiger partial charge on any atom is 0.231 e. The van der Waals surface area contributed by atoms with Crippen molar-refractivity contribution in [3.05, 3.63) is 47.9 Å². The van der Waals surface area contributed by atoms with Crippen molar-refractivity contribution in [1.29, 1.82) is 0 Å². The minimum atomic E-state index is 0.288. The first kappa shape index (κ1) is 19.1. The molecule has 2 aliphatic rings. The molecule has 1 saturated carbocycles. The van der Waals surface area contributed by atoms with Crippen LogP contribution in [-0.2, 0) is 13.1 Å². The number of thiocarbonyl (C=S) groups is 1. The molecule has 1 aliphatic carbocycles. The van der Waals surface area contributed by atoms with Gasteiger partial charge in [0.25, 0.3) is 0 Å². The zero-order valence-corrected chi connectivity index (χ0v) is 17.0. The summed E-state index contributed by atoms with van der Waals surface area (Å²) in [6.07, 6.45) is 10.7. The fourth-order valence-corrected chi connectivity index (χ4v) is 4.21. The summed E-state index contributed by atoms with van der Waals surface area (Å²) in [5, 5.41) is 4.42. The SMILES string of the molecule is S=C(NC1CCCCCCC1)N(Cc1ccc2c(c1)OCO2)Cc1ccco1. The normalized spacial score (nSPS) is 17.0. The van der Waals surface area contributed by atoms with Gasteiger partial charge in [0.1, 0.15) is 5.76 Å². The summed E-state index contributed by atoms with van der Waals surface area (Å²) in [4.78, 5) is 2.17. The maximum atomic E-state index is 5.82. The Bertz CT molecular complexity index is 770. The van der Waals surface area contributed by atoms with Crippen molar-refractivity contribution in [2.75, 3.05) is 6.79 Å². The predicted octanol–water partition coefficient (Wildman–Crippen LogP) is 5.00. The summed E-state index contributed by atoms with van der Waals surface area (Å²) in [7, 11) is 0. The van der Waals surface area contributed by atoms with Gasteiger partial charge in [0.15, 0.2) is 16.6 Å². The van der Waals surface area contributed by atoms with Crippen molar-refractivity contribution in [3.8, 4) is 11.5 Å². The van der Waals surface area contributed by atoms with E-state index in [-0.39, 0.29) is 6.79 Å². The molecule has 1 aromatic carbocycles. The molecular formula is C22H28N2O3S. The first-order valence-corrected chi connectivity index (χ1v) is 10.6. The number of nitrogens with zero attached hydrogens (tertiary/aromatic N) is 1. The van der Waals surface area contributed by atoms with Crippen LogP contribution in [0.4, 0.5) is 0 Å². The first-order chi connectivity index (χ1) is 13.8. The Hall–Kier alpha value is -2.21. The van der Waals surface area contributed by atoms with Gasteiger partial charge in [-0.25, -0.2) is 0 Å². The van der Waals surface area contributed by atoms with E-state index in [2.05, 4.69) is 16.3 Å². The molecule has 1 aromatic heterocycles. The Labute approximate surface area is 172 Å². The largest absolute Gasteiger partial charge is 0.467 e. The van der Waals surface area contributed by atoms with Gasteiger partial charge in [0.05, 0.1) is 12.8 Å². The molecule has 1 N–H and O–H groups in total. The quantitative estimate of drug-likeness (QED) is 0.713. The summed E-state index contributed by atoms with van der Waals surface area (Å²) in [6.45, 7) is 1.62. The molecule has 0 unspecified atom stereocenters. The molecule has 5 nitrogen and oxygen atoms in total. The zero-order chi connectivity index (χ0) is 19.2. The summed E-state index contributed by atoms with van der Waals surface area (Å²) in [5.41, 5.74) is 1.14. The molecule has 2 aromatic rings. The molecule has 4 rings (SSSR count). The van der Waals surface area contributed by atoms with Gasteiger partial charge in [-0.05, 0) is 54.9 Å². The number of ether oxygens (including phenoxy) is 2. The van der Waals surface area contributed by atoms with E-state index in [1.807, 2.05) is 24.3 Å². The lowest BCUT2D eigenvalue weighted by atomic mass is 9.97. The molecule has 1 fully saturated rings. The number of hydrogen-bond acceptors (Lipinski definition) is 4. The van der Waals surface area contributed by atoms with E-state index < -0.39 is 0 Å². The van der Waals surface area contributed by atoms with Gasteiger partial charge in [-0.2, -0.15) is 0 Å². The van der Waals surface area contributed by atoms with Gasteiger partial charge in [-0.1, -0.05) is 38.2 Å². The number of benzene rings is 1. The predicted molar refractivity (Wildman–Crippen MR) is 112 cm³/mol. The Morgan fingerprint density at radius 2 is 1.79 bits per heavy atom. The Balaban J connectivity index is 1.45. The van der Waals surface area contributed by atoms with Crippen LogP contribution in [0.3, 0.4) is 0 Å². The highest BCUT2D eigenvalue weighted by Gasteiger charge is 2.19. The minimum Gasteiger partial charge on any atom is -0.467 e. The Morgan fingerprint density at radius 3 is 2.57 bits per heavy atom. The van der Waals surface area contributed by atoms with E-state index in [0.717, 1.165) is 27.9 Å². The summed E-state index contributed by atoms with van der Waals surface area (Å²) in [5.74, 6) is 2.51. The fourth-order valence-electron chi connectivity index (χ4n) is 3.92. The van der Waals surface area contributed by atoms with Crippen LogP contribution in [0.25, 0.3) is 0 Å². The fraction of sp³-hybridized carbons (Fsp3) is 0.500. The summed E-state index contributed by atoms with van der Waals surface area (Å²) < 4.78 is 16.5. The molecule has 0 spiro atoms. The summed E-state index contributed by atoms with van der Waals surface area (Å²) >= 11 is 5.82. The van der Waals surface area contributed by atoms with Gasteiger partial charge in [-0.15, -0.1) is 0 Å². The highest BCUT2D eigenvalue weighted by Crippen LogP contribution is 2.33. The number of fused-ring (bicyclic) bond motifs is 1. The van der Waals surface area contributed by atoms with Crippen molar-refractivity contribution in [2.45, 2.75) is 64.1 Å². The van der Waals surface area contributed by atoms with Crippen LogP contribution in [0.1, 0.15) is 56.3 Å². The lowest BCUT2D eigenvalue weighted by Crippen LogP contribution is -2.44. The molecule has 0 saturated heterocycles. The third-order valence-corrected chi connectivity index (χ3v) is 5.83. The lowest BCUT2D eigenvalue weighted by molar-refractivity contribution is 0.174. The second-order valence-electron chi connectivity index (χ2n) is 7.61. The number of rotatable bonds is 5. The van der Waals surface area contributed by atoms with Crippen molar-refractivity contribution in [3.63, 3.8) is 0 Å². The molecule has 2 heterocycles. The van der Waals surface area contributed by atoms with Crippen molar-refractivity contribution in [1.82, 2.24) is 10.2 Å². The standard InChI is InChI=1S/C22H28N2O3S/c28-22(23-18-7-4-2-1-3-5-8-18)24(15-19-9-6-12-25-19)14-17-10-11-20-21(13-17)27-16-26-20/h6,9-13,18H,1-5,7-8,14-16H2,(H,23,28).